The normalized spacial score (nSPS) is 11.1. The highest BCUT2D eigenvalue weighted by Crippen LogP contribution is 2.35. The van der Waals surface area contributed by atoms with E-state index in [1.165, 1.54) is 6.07 Å². The number of nitrogens with two attached hydrogens (primary N) is 1. The van der Waals surface area contributed by atoms with Gasteiger partial charge >= 0.3 is 0 Å². The van der Waals surface area contributed by atoms with E-state index in [2.05, 4.69) is 4.98 Å². The predicted molar refractivity (Wildman–Crippen MR) is 81.9 cm³/mol. The fraction of sp³-hybridized carbons (Fsp3) is 0.0625. The van der Waals surface area contributed by atoms with E-state index < -0.39 is 17.5 Å². The van der Waals surface area contributed by atoms with Gasteiger partial charge in [0.1, 0.15) is 17.3 Å². The molecule has 6 heteroatoms. The summed E-state index contributed by atoms with van der Waals surface area (Å²) < 4.78 is 27.2. The van der Waals surface area contributed by atoms with E-state index >= 15 is 0 Å². The molecule has 1 aromatic heterocycles. The second-order valence-electron chi connectivity index (χ2n) is 4.99. The standard InChI is InChI=1S/C16H11ClF2N2O/c1-7-11-4-8(17)5-12(15(11)21-14(7)16(20)22)10-3-2-9(18)6-13(10)19/h2-6,21H,1H3,(H2,20,22). The highest BCUT2D eigenvalue weighted by molar-refractivity contribution is 6.32. The van der Waals surface area contributed by atoms with Crippen LogP contribution < -0.4 is 5.73 Å². The number of aromatic nitrogens is 1. The number of aromatic amines is 1. The zero-order valence-corrected chi connectivity index (χ0v) is 12.3. The number of rotatable bonds is 2. The molecule has 0 saturated heterocycles. The Morgan fingerprint density at radius 1 is 1.18 bits per heavy atom. The van der Waals surface area contributed by atoms with E-state index in [4.69, 9.17) is 17.3 Å². The molecule has 0 spiro atoms. The third-order valence-electron chi connectivity index (χ3n) is 3.60. The van der Waals surface area contributed by atoms with Crippen molar-refractivity contribution in [2.45, 2.75) is 6.92 Å². The minimum absolute atomic E-state index is 0.186. The van der Waals surface area contributed by atoms with E-state index in [1.807, 2.05) is 0 Å². The van der Waals surface area contributed by atoms with Crippen LogP contribution in [0.25, 0.3) is 22.0 Å². The van der Waals surface area contributed by atoms with E-state index in [1.54, 1.807) is 19.1 Å². The third-order valence-corrected chi connectivity index (χ3v) is 3.82. The third kappa shape index (κ3) is 2.23. The Bertz CT molecular complexity index is 918. The number of carbonyl (C=O) groups excluding carboxylic acids is 1. The van der Waals surface area contributed by atoms with Crippen LogP contribution in [0.3, 0.4) is 0 Å². The first-order valence-electron chi connectivity index (χ1n) is 6.45. The first-order chi connectivity index (χ1) is 10.4. The van der Waals surface area contributed by atoms with Gasteiger partial charge in [-0.2, -0.15) is 0 Å². The molecule has 0 aliphatic heterocycles. The van der Waals surface area contributed by atoms with Crippen molar-refractivity contribution in [3.05, 3.63) is 58.2 Å². The second kappa shape index (κ2) is 5.10. The highest BCUT2D eigenvalue weighted by Gasteiger charge is 2.18. The van der Waals surface area contributed by atoms with Crippen molar-refractivity contribution in [1.82, 2.24) is 4.98 Å². The molecule has 0 unspecified atom stereocenters. The Morgan fingerprint density at radius 3 is 2.55 bits per heavy atom. The number of hydrogen-bond donors (Lipinski definition) is 2. The van der Waals surface area contributed by atoms with Crippen molar-refractivity contribution < 1.29 is 13.6 Å². The monoisotopic (exact) mass is 320 g/mol. The molecule has 0 radical (unpaired) electrons. The number of amides is 1. The van der Waals surface area contributed by atoms with Crippen LogP contribution in [0.4, 0.5) is 8.78 Å². The SMILES string of the molecule is Cc1c(C(N)=O)[nH]c2c(-c3ccc(F)cc3F)cc(Cl)cc12. The number of aryl methyl sites for hydroxylation is 1. The lowest BCUT2D eigenvalue weighted by molar-refractivity contribution is 0.0996. The largest absolute Gasteiger partial charge is 0.364 e. The number of fused-ring (bicyclic) bond motifs is 1. The van der Waals surface area contributed by atoms with Gasteiger partial charge in [0, 0.05) is 27.6 Å². The van der Waals surface area contributed by atoms with Gasteiger partial charge in [-0.25, -0.2) is 8.78 Å². The maximum atomic E-state index is 14.1. The minimum Gasteiger partial charge on any atom is -0.364 e. The molecule has 0 fully saturated rings. The number of nitrogens with one attached hydrogen (secondary N) is 1. The van der Waals surface area contributed by atoms with Crippen LogP contribution in [0, 0.1) is 18.6 Å². The summed E-state index contributed by atoms with van der Waals surface area (Å²) in [5, 5.41) is 1.05. The highest BCUT2D eigenvalue weighted by atomic mass is 35.5. The number of primary amides is 1. The van der Waals surface area contributed by atoms with E-state index in [0.29, 0.717) is 27.1 Å². The maximum Gasteiger partial charge on any atom is 0.265 e. The zero-order chi connectivity index (χ0) is 16.0. The molecule has 1 amide bonds. The summed E-state index contributed by atoms with van der Waals surface area (Å²) >= 11 is 6.09. The number of hydrogen-bond acceptors (Lipinski definition) is 1. The van der Waals surface area contributed by atoms with Crippen LogP contribution in [-0.2, 0) is 0 Å². The molecular weight excluding hydrogens is 310 g/mol. The van der Waals surface area contributed by atoms with Crippen LogP contribution in [-0.4, -0.2) is 10.9 Å². The molecule has 3 N–H and O–H groups in total. The van der Waals surface area contributed by atoms with Crippen LogP contribution in [0.1, 0.15) is 16.1 Å². The number of benzene rings is 2. The quantitative estimate of drug-likeness (QED) is 0.731. The molecule has 0 bridgehead atoms. The van der Waals surface area contributed by atoms with Crippen LogP contribution in [0.5, 0.6) is 0 Å². The lowest BCUT2D eigenvalue weighted by Gasteiger charge is -2.07. The second-order valence-corrected chi connectivity index (χ2v) is 5.43. The summed E-state index contributed by atoms with van der Waals surface area (Å²) in [5.74, 6) is -1.99. The molecule has 2 aromatic carbocycles. The van der Waals surface area contributed by atoms with Crippen molar-refractivity contribution in [2.24, 2.45) is 5.73 Å². The fourth-order valence-corrected chi connectivity index (χ4v) is 2.78. The zero-order valence-electron chi connectivity index (χ0n) is 11.5. The Balaban J connectivity index is 2.38. The summed E-state index contributed by atoms with van der Waals surface area (Å²) in [5.41, 5.74) is 7.35. The van der Waals surface area contributed by atoms with Crippen LogP contribution in [0.15, 0.2) is 30.3 Å². The molecule has 112 valence electrons. The van der Waals surface area contributed by atoms with Gasteiger partial charge in [0.2, 0.25) is 0 Å². The number of H-pyrrole nitrogens is 1. The lowest BCUT2D eigenvalue weighted by Crippen LogP contribution is -2.12. The molecule has 22 heavy (non-hydrogen) atoms. The maximum absolute atomic E-state index is 14.1. The Morgan fingerprint density at radius 2 is 1.91 bits per heavy atom. The van der Waals surface area contributed by atoms with Crippen molar-refractivity contribution in [2.75, 3.05) is 0 Å². The molecule has 3 nitrogen and oxygen atoms in total. The van der Waals surface area contributed by atoms with E-state index in [0.717, 1.165) is 12.1 Å². The Kier molecular flexibility index (Phi) is 3.37. The first kappa shape index (κ1) is 14.5. The van der Waals surface area contributed by atoms with Gasteiger partial charge in [0.15, 0.2) is 0 Å². The van der Waals surface area contributed by atoms with Crippen molar-refractivity contribution >= 4 is 28.4 Å². The predicted octanol–water partition coefficient (Wildman–Crippen LogP) is 4.17. The molecular formula is C16H11ClF2N2O. The van der Waals surface area contributed by atoms with Crippen molar-refractivity contribution in [3.63, 3.8) is 0 Å². The summed E-state index contributed by atoms with van der Waals surface area (Å²) in [7, 11) is 0. The Hall–Kier alpha value is -2.40. The molecule has 0 aliphatic carbocycles. The summed E-state index contributed by atoms with van der Waals surface area (Å²) in [6.07, 6.45) is 0. The average Bonchev–Trinajstić information content (AvgIpc) is 2.76. The summed E-state index contributed by atoms with van der Waals surface area (Å²) in [6.45, 7) is 1.72. The average molecular weight is 321 g/mol. The van der Waals surface area contributed by atoms with Crippen molar-refractivity contribution in [3.8, 4) is 11.1 Å². The van der Waals surface area contributed by atoms with Gasteiger partial charge < -0.3 is 10.7 Å². The smallest absolute Gasteiger partial charge is 0.265 e. The van der Waals surface area contributed by atoms with Gasteiger partial charge in [-0.1, -0.05) is 11.6 Å². The van der Waals surface area contributed by atoms with Gasteiger partial charge in [-0.05, 0) is 36.8 Å². The minimum atomic E-state index is -0.712. The van der Waals surface area contributed by atoms with E-state index in [9.17, 15) is 13.6 Å². The molecule has 0 atom stereocenters. The summed E-state index contributed by atoms with van der Waals surface area (Å²) in [6, 6.07) is 6.51. The van der Waals surface area contributed by atoms with Gasteiger partial charge in [0.05, 0.1) is 5.52 Å². The van der Waals surface area contributed by atoms with E-state index in [-0.39, 0.29) is 11.3 Å². The molecule has 0 aliphatic rings. The fourth-order valence-electron chi connectivity index (χ4n) is 2.56. The van der Waals surface area contributed by atoms with Gasteiger partial charge in [-0.15, -0.1) is 0 Å². The van der Waals surface area contributed by atoms with Gasteiger partial charge in [-0.3, -0.25) is 4.79 Å². The van der Waals surface area contributed by atoms with Crippen molar-refractivity contribution in [1.29, 1.82) is 0 Å². The molecule has 0 saturated carbocycles. The topological polar surface area (TPSA) is 58.9 Å². The summed E-state index contributed by atoms with van der Waals surface area (Å²) in [4.78, 5) is 14.4. The molecule has 3 aromatic rings. The van der Waals surface area contributed by atoms with Gasteiger partial charge in [0.25, 0.3) is 5.91 Å². The Labute approximate surface area is 129 Å². The first-order valence-corrected chi connectivity index (χ1v) is 6.83. The van der Waals surface area contributed by atoms with Crippen LogP contribution in [0.2, 0.25) is 5.02 Å². The van der Waals surface area contributed by atoms with Crippen LogP contribution >= 0.6 is 11.6 Å². The lowest BCUT2D eigenvalue weighted by atomic mass is 10.0. The number of halogens is 3. The molecule has 1 heterocycles. The molecule has 3 rings (SSSR count). The number of carbonyl (C=O) groups is 1.